The van der Waals surface area contributed by atoms with Gasteiger partial charge in [0.25, 0.3) is 5.91 Å². The molecule has 1 atom stereocenters. The first-order valence-electron chi connectivity index (χ1n) is 8.95. The highest BCUT2D eigenvalue weighted by Gasteiger charge is 2.36. The number of benzene rings is 1. The van der Waals surface area contributed by atoms with Gasteiger partial charge in [-0.05, 0) is 38.3 Å². The van der Waals surface area contributed by atoms with Crippen molar-refractivity contribution < 1.29 is 14.3 Å². The number of esters is 1. The Bertz CT molecular complexity index is 998. The number of hydrogen-bond donors (Lipinski definition) is 1. The summed E-state index contributed by atoms with van der Waals surface area (Å²) < 4.78 is 5.19. The van der Waals surface area contributed by atoms with Crippen molar-refractivity contribution in [2.45, 2.75) is 33.7 Å². The fourth-order valence-corrected chi connectivity index (χ4v) is 2.98. The molecule has 2 aromatic rings. The van der Waals surface area contributed by atoms with E-state index in [-0.39, 0.29) is 18.5 Å². The fourth-order valence-electron chi connectivity index (χ4n) is 2.98. The number of rotatable bonds is 4. The van der Waals surface area contributed by atoms with E-state index in [0.29, 0.717) is 24.2 Å². The molecule has 1 N–H and O–H groups in total. The highest BCUT2D eigenvalue weighted by atomic mass is 16.5. The molecular formula is C22H22N2O3. The van der Waals surface area contributed by atoms with E-state index >= 15 is 0 Å². The van der Waals surface area contributed by atoms with Crippen molar-refractivity contribution in [2.24, 2.45) is 5.41 Å². The van der Waals surface area contributed by atoms with Gasteiger partial charge in [-0.15, -0.1) is 0 Å². The number of ether oxygens (including phenoxy) is 1. The Morgan fingerprint density at radius 3 is 2.89 bits per heavy atom. The number of hydrogen-bond acceptors (Lipinski definition) is 4. The molecular weight excluding hydrogens is 340 g/mol. The van der Waals surface area contributed by atoms with Gasteiger partial charge in [0, 0.05) is 17.5 Å². The number of para-hydroxylation sites is 1. The van der Waals surface area contributed by atoms with E-state index in [9.17, 15) is 9.59 Å². The average Bonchev–Trinajstić information content (AvgIpc) is 2.68. The van der Waals surface area contributed by atoms with Gasteiger partial charge in [-0.1, -0.05) is 37.1 Å². The summed E-state index contributed by atoms with van der Waals surface area (Å²) in [4.78, 5) is 29.1. The van der Waals surface area contributed by atoms with Crippen molar-refractivity contribution in [3.8, 4) is 11.8 Å². The van der Waals surface area contributed by atoms with Gasteiger partial charge < -0.3 is 10.1 Å². The second kappa shape index (κ2) is 7.63. The summed E-state index contributed by atoms with van der Waals surface area (Å²) in [7, 11) is 0. The van der Waals surface area contributed by atoms with Crippen LogP contribution in [0.2, 0.25) is 0 Å². The van der Waals surface area contributed by atoms with Gasteiger partial charge in [0.15, 0.2) is 0 Å². The Hall–Kier alpha value is -3.13. The van der Waals surface area contributed by atoms with Crippen LogP contribution >= 0.6 is 0 Å². The summed E-state index contributed by atoms with van der Waals surface area (Å²) in [5, 5.41) is 3.90. The maximum absolute atomic E-state index is 12.6. The molecule has 0 radical (unpaired) electrons. The molecule has 5 heteroatoms. The fraction of sp³-hybridized carbons (Fsp3) is 0.318. The Morgan fingerprint density at radius 2 is 2.15 bits per heavy atom. The van der Waals surface area contributed by atoms with Crippen LogP contribution in [0.1, 0.15) is 38.4 Å². The van der Waals surface area contributed by atoms with Gasteiger partial charge >= 0.3 is 5.97 Å². The van der Waals surface area contributed by atoms with Crippen LogP contribution in [0.5, 0.6) is 0 Å². The maximum Gasteiger partial charge on any atom is 0.316 e. The number of cyclic esters (lactones) is 1. The van der Waals surface area contributed by atoms with Crippen LogP contribution in [0.25, 0.3) is 10.9 Å². The first-order chi connectivity index (χ1) is 13.0. The summed E-state index contributed by atoms with van der Waals surface area (Å²) in [6.45, 7) is 5.73. The van der Waals surface area contributed by atoms with E-state index in [2.05, 4.69) is 22.1 Å². The molecule has 1 amide bonds. The quantitative estimate of drug-likeness (QED) is 0.670. The lowest BCUT2D eigenvalue weighted by Crippen LogP contribution is -2.37. The molecule has 5 nitrogen and oxygen atoms in total. The van der Waals surface area contributed by atoms with Crippen molar-refractivity contribution in [1.29, 1.82) is 0 Å². The maximum atomic E-state index is 12.6. The molecule has 138 valence electrons. The van der Waals surface area contributed by atoms with Crippen molar-refractivity contribution >= 4 is 22.8 Å². The summed E-state index contributed by atoms with van der Waals surface area (Å²) in [6, 6.07) is 9.79. The van der Waals surface area contributed by atoms with Crippen molar-refractivity contribution in [3.63, 3.8) is 0 Å². The molecule has 1 aliphatic heterocycles. The van der Waals surface area contributed by atoms with Gasteiger partial charge in [0.2, 0.25) is 0 Å². The molecule has 0 unspecified atom stereocenters. The third-order valence-electron chi connectivity index (χ3n) is 4.83. The largest absolute Gasteiger partial charge is 0.460 e. The zero-order valence-electron chi connectivity index (χ0n) is 15.8. The summed E-state index contributed by atoms with van der Waals surface area (Å²) >= 11 is 0. The Kier molecular flexibility index (Phi) is 5.27. The third-order valence-corrected chi connectivity index (χ3v) is 4.83. The molecule has 1 aliphatic rings. The van der Waals surface area contributed by atoms with Gasteiger partial charge in [-0.2, -0.15) is 0 Å². The number of carbonyl (C=O) groups excluding carboxylic acids is 2. The van der Waals surface area contributed by atoms with E-state index in [1.807, 2.05) is 37.3 Å². The Morgan fingerprint density at radius 1 is 1.37 bits per heavy atom. The predicted molar refractivity (Wildman–Crippen MR) is 104 cm³/mol. The summed E-state index contributed by atoms with van der Waals surface area (Å²) in [5.74, 6) is 5.34. The van der Waals surface area contributed by atoms with E-state index in [1.165, 1.54) is 0 Å². The second-order valence-electron chi connectivity index (χ2n) is 6.76. The first-order valence-corrected chi connectivity index (χ1v) is 8.95. The van der Waals surface area contributed by atoms with E-state index in [4.69, 9.17) is 4.74 Å². The average molecular weight is 362 g/mol. The number of nitrogens with one attached hydrogen (secondary N) is 1. The normalized spacial score (nSPS) is 18.9. The highest BCUT2D eigenvalue weighted by molar-refractivity contribution is 5.96. The lowest BCUT2D eigenvalue weighted by atomic mass is 9.84. The lowest BCUT2D eigenvalue weighted by molar-refractivity contribution is -0.153. The minimum absolute atomic E-state index is 0.00213. The number of nitrogens with zero attached hydrogens (tertiary/aromatic N) is 1. The van der Waals surface area contributed by atoms with Crippen LogP contribution < -0.4 is 5.32 Å². The molecule has 0 saturated heterocycles. The number of pyridine rings is 1. The number of aromatic nitrogens is 1. The second-order valence-corrected chi connectivity index (χ2v) is 6.76. The first kappa shape index (κ1) is 18.7. The smallest absolute Gasteiger partial charge is 0.316 e. The van der Waals surface area contributed by atoms with Crippen LogP contribution in [0.4, 0.5) is 0 Å². The van der Waals surface area contributed by atoms with Gasteiger partial charge in [-0.3, -0.25) is 9.59 Å². The molecule has 0 fully saturated rings. The van der Waals surface area contributed by atoms with Crippen LogP contribution in [0.15, 0.2) is 42.0 Å². The molecule has 1 aromatic heterocycles. The topological polar surface area (TPSA) is 68.3 Å². The van der Waals surface area contributed by atoms with Crippen molar-refractivity contribution in [2.75, 3.05) is 6.61 Å². The minimum Gasteiger partial charge on any atom is -0.460 e. The van der Waals surface area contributed by atoms with E-state index in [0.717, 1.165) is 16.5 Å². The Labute approximate surface area is 158 Å². The number of carbonyl (C=O) groups is 2. The van der Waals surface area contributed by atoms with Crippen molar-refractivity contribution in [3.05, 3.63) is 53.2 Å². The summed E-state index contributed by atoms with van der Waals surface area (Å²) in [6.07, 6.45) is 2.30. The van der Waals surface area contributed by atoms with Gasteiger partial charge in [0.05, 0.1) is 16.5 Å². The molecule has 27 heavy (non-hydrogen) atoms. The van der Waals surface area contributed by atoms with Crippen LogP contribution in [-0.2, 0) is 20.9 Å². The zero-order chi connectivity index (χ0) is 19.4. The monoisotopic (exact) mass is 362 g/mol. The molecule has 0 bridgehead atoms. The van der Waals surface area contributed by atoms with Crippen molar-refractivity contribution in [1.82, 2.24) is 10.3 Å². The van der Waals surface area contributed by atoms with Crippen LogP contribution in [-0.4, -0.2) is 23.5 Å². The SMILES string of the molecule is CC#Cc1nc2ccccc2cc1CNC(=O)C1=C[C@@](C)(CC)C(=O)OC1. The number of amides is 1. The third kappa shape index (κ3) is 3.85. The standard InChI is InChI=1S/C22H22N2O3/c1-4-8-18-16(11-15-9-6-7-10-19(15)24-18)13-23-20(25)17-12-22(3,5-2)21(26)27-14-17/h6-7,9-12H,5,13-14H2,1-3H3,(H,23,25)/t22-/m1/s1. The lowest BCUT2D eigenvalue weighted by Gasteiger charge is -2.28. The van der Waals surface area contributed by atoms with Crippen LogP contribution in [0, 0.1) is 17.3 Å². The minimum atomic E-state index is -0.756. The molecule has 0 saturated carbocycles. The molecule has 0 aliphatic carbocycles. The number of fused-ring (bicyclic) bond motifs is 1. The van der Waals surface area contributed by atoms with E-state index < -0.39 is 5.41 Å². The predicted octanol–water partition coefficient (Wildman–Crippen LogP) is 3.12. The molecule has 0 spiro atoms. The molecule has 1 aromatic carbocycles. The highest BCUT2D eigenvalue weighted by Crippen LogP contribution is 2.30. The Balaban J connectivity index is 1.82. The summed E-state index contributed by atoms with van der Waals surface area (Å²) in [5.41, 5.74) is 2.08. The zero-order valence-corrected chi connectivity index (χ0v) is 15.8. The van der Waals surface area contributed by atoms with E-state index in [1.54, 1.807) is 19.9 Å². The molecule has 3 rings (SSSR count). The molecule has 2 heterocycles. The van der Waals surface area contributed by atoms with Gasteiger partial charge in [-0.25, -0.2) is 4.98 Å². The van der Waals surface area contributed by atoms with Crippen LogP contribution in [0.3, 0.4) is 0 Å². The van der Waals surface area contributed by atoms with Gasteiger partial charge in [0.1, 0.15) is 12.3 Å².